The molecule has 0 saturated carbocycles. The quantitative estimate of drug-likeness (QED) is 0.511. The van der Waals surface area contributed by atoms with Crippen LogP contribution in [0, 0.1) is 24.0 Å². The lowest BCUT2D eigenvalue weighted by atomic mass is 10.1. The highest BCUT2D eigenvalue weighted by atomic mass is 16.6. The SMILES string of the molecule is Cc1c(O)ccc(N=Nc2ccc([N+](=O)[O-])cc2)c1C. The first kappa shape index (κ1) is 13.7. The van der Waals surface area contributed by atoms with Crippen LogP contribution in [0.4, 0.5) is 17.1 Å². The van der Waals surface area contributed by atoms with Crippen molar-refractivity contribution in [3.05, 3.63) is 57.6 Å². The summed E-state index contributed by atoms with van der Waals surface area (Å²) in [5, 5.41) is 28.2. The summed E-state index contributed by atoms with van der Waals surface area (Å²) >= 11 is 0. The minimum Gasteiger partial charge on any atom is -0.508 e. The molecule has 0 bridgehead atoms. The second kappa shape index (κ2) is 5.48. The Hall–Kier alpha value is -2.76. The van der Waals surface area contributed by atoms with E-state index in [1.165, 1.54) is 24.3 Å². The number of nitro benzene ring substituents is 1. The third-order valence-electron chi connectivity index (χ3n) is 3.06. The van der Waals surface area contributed by atoms with Crippen LogP contribution in [0.5, 0.6) is 5.75 Å². The van der Waals surface area contributed by atoms with E-state index in [-0.39, 0.29) is 11.4 Å². The maximum atomic E-state index is 10.5. The van der Waals surface area contributed by atoms with Crippen LogP contribution in [-0.2, 0) is 0 Å². The summed E-state index contributed by atoms with van der Waals surface area (Å²) in [7, 11) is 0. The summed E-state index contributed by atoms with van der Waals surface area (Å²) in [6.07, 6.45) is 0. The first-order valence-corrected chi connectivity index (χ1v) is 5.94. The Balaban J connectivity index is 2.25. The van der Waals surface area contributed by atoms with Crippen LogP contribution in [0.3, 0.4) is 0 Å². The topological polar surface area (TPSA) is 88.1 Å². The molecule has 0 radical (unpaired) electrons. The number of nitrogens with zero attached hydrogens (tertiary/aromatic N) is 3. The number of hydrogen-bond donors (Lipinski definition) is 1. The van der Waals surface area contributed by atoms with Crippen molar-refractivity contribution in [3.8, 4) is 5.75 Å². The van der Waals surface area contributed by atoms with Gasteiger partial charge in [-0.1, -0.05) is 0 Å². The third-order valence-corrected chi connectivity index (χ3v) is 3.06. The number of phenols is 1. The fraction of sp³-hybridized carbons (Fsp3) is 0.143. The number of non-ortho nitro benzene ring substituents is 1. The second-order valence-electron chi connectivity index (χ2n) is 4.33. The van der Waals surface area contributed by atoms with E-state index >= 15 is 0 Å². The van der Waals surface area contributed by atoms with E-state index < -0.39 is 4.92 Å². The summed E-state index contributed by atoms with van der Waals surface area (Å²) in [6, 6.07) is 9.06. The fourth-order valence-corrected chi connectivity index (χ4v) is 1.65. The van der Waals surface area contributed by atoms with Gasteiger partial charge < -0.3 is 5.11 Å². The van der Waals surface area contributed by atoms with Gasteiger partial charge in [-0.2, -0.15) is 10.2 Å². The Bertz CT molecular complexity index is 679. The largest absolute Gasteiger partial charge is 0.508 e. The summed E-state index contributed by atoms with van der Waals surface area (Å²) in [5.74, 6) is 0.219. The molecule has 2 aromatic carbocycles. The molecule has 2 rings (SSSR count). The van der Waals surface area contributed by atoms with E-state index in [0.29, 0.717) is 11.4 Å². The van der Waals surface area contributed by atoms with Crippen LogP contribution in [-0.4, -0.2) is 10.0 Å². The van der Waals surface area contributed by atoms with Gasteiger partial charge in [0.25, 0.3) is 5.69 Å². The van der Waals surface area contributed by atoms with E-state index in [1.807, 2.05) is 6.92 Å². The number of benzene rings is 2. The first-order valence-electron chi connectivity index (χ1n) is 5.94. The number of rotatable bonds is 3. The predicted octanol–water partition coefficient (Wildman–Crippen LogP) is 4.33. The summed E-state index contributed by atoms with van der Waals surface area (Å²) in [5.41, 5.74) is 2.79. The lowest BCUT2D eigenvalue weighted by molar-refractivity contribution is -0.384. The third kappa shape index (κ3) is 2.80. The van der Waals surface area contributed by atoms with Crippen molar-refractivity contribution in [1.82, 2.24) is 0 Å². The van der Waals surface area contributed by atoms with Gasteiger partial charge in [0.15, 0.2) is 0 Å². The molecule has 0 aliphatic rings. The standard InChI is InChI=1S/C14H13N3O3/c1-9-10(2)14(18)8-7-13(9)16-15-11-3-5-12(6-4-11)17(19)20/h3-8,18H,1-2H3. The van der Waals surface area contributed by atoms with Crippen molar-refractivity contribution in [1.29, 1.82) is 0 Å². The molecular formula is C14H13N3O3. The molecule has 0 aliphatic heterocycles. The van der Waals surface area contributed by atoms with Crippen LogP contribution in [0.15, 0.2) is 46.6 Å². The van der Waals surface area contributed by atoms with Gasteiger partial charge in [0.05, 0.1) is 16.3 Å². The highest BCUT2D eigenvalue weighted by molar-refractivity contribution is 5.54. The Morgan fingerprint density at radius 2 is 1.65 bits per heavy atom. The molecule has 6 nitrogen and oxygen atoms in total. The van der Waals surface area contributed by atoms with Gasteiger partial charge in [-0.3, -0.25) is 10.1 Å². The van der Waals surface area contributed by atoms with Gasteiger partial charge in [0.1, 0.15) is 5.75 Å². The van der Waals surface area contributed by atoms with Crippen molar-refractivity contribution < 1.29 is 10.0 Å². The van der Waals surface area contributed by atoms with Gasteiger partial charge in [-0.25, -0.2) is 0 Å². The number of aromatic hydroxyl groups is 1. The molecule has 0 spiro atoms. The molecule has 0 fully saturated rings. The zero-order valence-corrected chi connectivity index (χ0v) is 11.1. The number of hydrogen-bond acceptors (Lipinski definition) is 5. The van der Waals surface area contributed by atoms with Gasteiger partial charge in [-0.05, 0) is 49.2 Å². The first-order chi connectivity index (χ1) is 9.49. The van der Waals surface area contributed by atoms with Crippen molar-refractivity contribution in [2.24, 2.45) is 10.2 Å². The maximum absolute atomic E-state index is 10.5. The monoisotopic (exact) mass is 271 g/mol. The Morgan fingerprint density at radius 3 is 2.25 bits per heavy atom. The fourth-order valence-electron chi connectivity index (χ4n) is 1.65. The van der Waals surface area contributed by atoms with E-state index in [4.69, 9.17) is 0 Å². The minimum atomic E-state index is -0.464. The van der Waals surface area contributed by atoms with E-state index in [0.717, 1.165) is 11.1 Å². The molecule has 0 aromatic heterocycles. The maximum Gasteiger partial charge on any atom is 0.269 e. The average Bonchev–Trinajstić information content (AvgIpc) is 2.44. The summed E-state index contributed by atoms with van der Waals surface area (Å²) in [4.78, 5) is 10.1. The summed E-state index contributed by atoms with van der Waals surface area (Å²) < 4.78 is 0. The highest BCUT2D eigenvalue weighted by Crippen LogP contribution is 2.29. The lowest BCUT2D eigenvalue weighted by Crippen LogP contribution is -1.85. The van der Waals surface area contributed by atoms with Crippen LogP contribution in [0.25, 0.3) is 0 Å². The van der Waals surface area contributed by atoms with Crippen molar-refractivity contribution in [2.45, 2.75) is 13.8 Å². The second-order valence-corrected chi connectivity index (χ2v) is 4.33. The molecule has 0 unspecified atom stereocenters. The van der Waals surface area contributed by atoms with Crippen LogP contribution < -0.4 is 0 Å². The average molecular weight is 271 g/mol. The number of azo groups is 1. The lowest BCUT2D eigenvalue weighted by Gasteiger charge is -2.05. The van der Waals surface area contributed by atoms with E-state index in [9.17, 15) is 15.2 Å². The molecule has 0 amide bonds. The molecule has 6 heteroatoms. The minimum absolute atomic E-state index is 0.0145. The molecule has 2 aromatic rings. The molecule has 0 saturated heterocycles. The van der Waals surface area contributed by atoms with Gasteiger partial charge in [-0.15, -0.1) is 0 Å². The van der Waals surface area contributed by atoms with Crippen molar-refractivity contribution in [3.63, 3.8) is 0 Å². The van der Waals surface area contributed by atoms with E-state index in [1.54, 1.807) is 19.1 Å². The Morgan fingerprint density at radius 1 is 1.00 bits per heavy atom. The molecular weight excluding hydrogens is 258 g/mol. The zero-order chi connectivity index (χ0) is 14.7. The Labute approximate surface area is 115 Å². The van der Waals surface area contributed by atoms with Crippen molar-refractivity contribution >= 4 is 17.1 Å². The molecule has 0 heterocycles. The smallest absolute Gasteiger partial charge is 0.269 e. The normalized spacial score (nSPS) is 10.9. The van der Waals surface area contributed by atoms with Crippen LogP contribution in [0.1, 0.15) is 11.1 Å². The molecule has 1 N–H and O–H groups in total. The van der Waals surface area contributed by atoms with Crippen molar-refractivity contribution in [2.75, 3.05) is 0 Å². The summed E-state index contributed by atoms with van der Waals surface area (Å²) in [6.45, 7) is 3.65. The van der Waals surface area contributed by atoms with Crippen LogP contribution in [0.2, 0.25) is 0 Å². The number of phenolic OH excluding ortho intramolecular Hbond substituents is 1. The van der Waals surface area contributed by atoms with Gasteiger partial charge in [0.2, 0.25) is 0 Å². The predicted molar refractivity (Wildman–Crippen MR) is 74.9 cm³/mol. The zero-order valence-electron chi connectivity index (χ0n) is 11.1. The molecule has 0 aliphatic carbocycles. The molecule has 0 atom stereocenters. The van der Waals surface area contributed by atoms with Crippen LogP contribution >= 0.6 is 0 Å². The van der Waals surface area contributed by atoms with E-state index in [2.05, 4.69) is 10.2 Å². The Kier molecular flexibility index (Phi) is 3.74. The highest BCUT2D eigenvalue weighted by Gasteiger charge is 2.05. The number of nitro groups is 1. The van der Waals surface area contributed by atoms with Gasteiger partial charge in [0, 0.05) is 12.1 Å². The molecule has 20 heavy (non-hydrogen) atoms. The van der Waals surface area contributed by atoms with Gasteiger partial charge >= 0.3 is 0 Å². The molecule has 102 valence electrons.